The summed E-state index contributed by atoms with van der Waals surface area (Å²) in [4.78, 5) is 0. The summed E-state index contributed by atoms with van der Waals surface area (Å²) in [5.41, 5.74) is 0. The molecule has 0 radical (unpaired) electrons. The second kappa shape index (κ2) is 9.02. The standard InChI is InChI=1S/C33H54O2Si3/c1-36(12-10-20-14-26-18-28(20)32-24-8-6-22(16-24)30(26)32)34-38(4,5)35-37(2,3)13-11-21-15-27-19-29(21)33-25-9-7-23(17-25)31(27)33/h6-9,20-33,36H,10-19H2,1-5H3. The summed E-state index contributed by atoms with van der Waals surface area (Å²) in [6, 6.07) is 2.73. The van der Waals surface area contributed by atoms with Crippen LogP contribution in [0, 0.1) is 82.9 Å². The first-order valence-electron chi connectivity index (χ1n) is 16.9. The first-order chi connectivity index (χ1) is 18.2. The minimum atomic E-state index is -2.05. The molecule has 8 bridgehead atoms. The van der Waals surface area contributed by atoms with Gasteiger partial charge in [-0.2, -0.15) is 0 Å². The van der Waals surface area contributed by atoms with Crippen LogP contribution in [0.2, 0.25) is 44.8 Å². The van der Waals surface area contributed by atoms with E-state index in [1.807, 2.05) is 0 Å². The monoisotopic (exact) mass is 566 g/mol. The minimum absolute atomic E-state index is 0.946. The van der Waals surface area contributed by atoms with Crippen LogP contribution in [0.5, 0.6) is 0 Å². The van der Waals surface area contributed by atoms with E-state index in [1.165, 1.54) is 44.2 Å². The highest BCUT2D eigenvalue weighted by molar-refractivity contribution is 6.84. The van der Waals surface area contributed by atoms with Gasteiger partial charge in [0.1, 0.15) is 0 Å². The van der Waals surface area contributed by atoms with Crippen LogP contribution in [-0.2, 0) is 8.23 Å². The summed E-state index contributed by atoms with van der Waals surface area (Å²) in [7, 11) is -4.91. The second-order valence-electron chi connectivity index (χ2n) is 16.8. The zero-order chi connectivity index (χ0) is 26.0. The summed E-state index contributed by atoms with van der Waals surface area (Å²) in [6.45, 7) is 12.2. The molecule has 6 fully saturated rings. The number of rotatable bonds is 10. The Morgan fingerprint density at radius 2 is 1.16 bits per heavy atom. The van der Waals surface area contributed by atoms with Crippen LogP contribution in [0.1, 0.15) is 51.4 Å². The van der Waals surface area contributed by atoms with Crippen LogP contribution in [0.4, 0.5) is 0 Å². The van der Waals surface area contributed by atoms with Gasteiger partial charge in [0, 0.05) is 0 Å². The van der Waals surface area contributed by atoms with Gasteiger partial charge >= 0.3 is 8.56 Å². The topological polar surface area (TPSA) is 18.5 Å². The molecule has 15 atom stereocenters. The molecule has 0 aromatic rings. The molecule has 0 aromatic heterocycles. The molecule has 8 aliphatic rings. The molecule has 0 aliphatic heterocycles. The lowest BCUT2D eigenvalue weighted by Crippen LogP contribution is -2.49. The van der Waals surface area contributed by atoms with Crippen molar-refractivity contribution in [3.05, 3.63) is 24.3 Å². The lowest BCUT2D eigenvalue weighted by Gasteiger charge is -2.39. The van der Waals surface area contributed by atoms with Gasteiger partial charge in [-0.3, -0.25) is 0 Å². The molecule has 15 unspecified atom stereocenters. The van der Waals surface area contributed by atoms with Gasteiger partial charge in [-0.05, 0) is 166 Å². The second-order valence-corrected chi connectivity index (χ2v) is 27.6. The Hall–Kier alpha value is 0.0506. The average molecular weight is 567 g/mol. The zero-order valence-corrected chi connectivity index (χ0v) is 28.0. The summed E-state index contributed by atoms with van der Waals surface area (Å²) in [5, 5.41) is 0. The van der Waals surface area contributed by atoms with Crippen LogP contribution in [0.15, 0.2) is 24.3 Å². The maximum Gasteiger partial charge on any atom is 0.310 e. The van der Waals surface area contributed by atoms with Gasteiger partial charge in [0.2, 0.25) is 0 Å². The molecule has 0 N–H and O–H groups in total. The molecule has 8 aliphatic carbocycles. The number of hydrogen-bond donors (Lipinski definition) is 0. The lowest BCUT2D eigenvalue weighted by atomic mass is 9.69. The van der Waals surface area contributed by atoms with Gasteiger partial charge in [0.15, 0.2) is 17.4 Å². The molecule has 8 rings (SSSR count). The van der Waals surface area contributed by atoms with E-state index in [0.29, 0.717) is 0 Å². The van der Waals surface area contributed by atoms with Crippen molar-refractivity contribution in [3.8, 4) is 0 Å². The molecule has 0 saturated heterocycles. The quantitative estimate of drug-likeness (QED) is 0.151. The van der Waals surface area contributed by atoms with Crippen molar-refractivity contribution >= 4 is 25.9 Å². The molecule has 0 heterocycles. The fourth-order valence-corrected chi connectivity index (χ4v) is 25.9. The van der Waals surface area contributed by atoms with E-state index in [4.69, 9.17) is 8.23 Å². The Bertz CT molecular complexity index is 1010. The smallest absolute Gasteiger partial charge is 0.310 e. The van der Waals surface area contributed by atoms with Crippen LogP contribution in [0.25, 0.3) is 0 Å². The molecule has 38 heavy (non-hydrogen) atoms. The number of allylic oxidation sites excluding steroid dienone is 4. The third-order valence-corrected chi connectivity index (χ3v) is 24.6. The van der Waals surface area contributed by atoms with Crippen LogP contribution in [0.3, 0.4) is 0 Å². The molecule has 5 heteroatoms. The van der Waals surface area contributed by atoms with E-state index in [0.717, 1.165) is 82.9 Å². The Balaban J connectivity index is 0.806. The highest BCUT2D eigenvalue weighted by Gasteiger charge is 2.62. The molecular formula is C33H54O2Si3. The first-order valence-corrected chi connectivity index (χ1v) is 25.3. The molecule has 0 spiro atoms. The Morgan fingerprint density at radius 1 is 0.658 bits per heavy atom. The average Bonchev–Trinajstić information content (AvgIpc) is 3.68. The van der Waals surface area contributed by atoms with Crippen molar-refractivity contribution in [1.29, 1.82) is 0 Å². The van der Waals surface area contributed by atoms with Gasteiger partial charge < -0.3 is 8.23 Å². The van der Waals surface area contributed by atoms with E-state index >= 15 is 0 Å². The maximum atomic E-state index is 7.05. The third kappa shape index (κ3) is 4.09. The molecular weight excluding hydrogens is 513 g/mol. The largest absolute Gasteiger partial charge is 0.439 e. The fourth-order valence-electron chi connectivity index (χ4n) is 13.2. The zero-order valence-electron chi connectivity index (χ0n) is 24.9. The van der Waals surface area contributed by atoms with E-state index in [9.17, 15) is 0 Å². The van der Waals surface area contributed by atoms with Crippen molar-refractivity contribution in [2.24, 2.45) is 82.9 Å². The van der Waals surface area contributed by atoms with E-state index in [2.05, 4.69) is 57.0 Å². The maximum absolute atomic E-state index is 7.05. The summed E-state index contributed by atoms with van der Waals surface area (Å²) < 4.78 is 14.0. The van der Waals surface area contributed by atoms with E-state index < -0.39 is 25.9 Å². The Labute approximate surface area is 236 Å². The van der Waals surface area contributed by atoms with Gasteiger partial charge in [0.25, 0.3) is 0 Å². The highest BCUT2D eigenvalue weighted by Crippen LogP contribution is 2.68. The minimum Gasteiger partial charge on any atom is -0.439 e. The highest BCUT2D eigenvalue weighted by atomic mass is 28.5. The fraction of sp³-hybridized carbons (Fsp3) is 0.879. The van der Waals surface area contributed by atoms with Crippen molar-refractivity contribution in [2.45, 2.75) is 96.2 Å². The summed E-state index contributed by atoms with van der Waals surface area (Å²) in [5.74, 6) is 14.3. The predicted molar refractivity (Wildman–Crippen MR) is 164 cm³/mol. The van der Waals surface area contributed by atoms with Gasteiger partial charge in [0.05, 0.1) is 0 Å². The predicted octanol–water partition coefficient (Wildman–Crippen LogP) is 8.25. The normalized spacial score (nSPS) is 51.5. The summed E-state index contributed by atoms with van der Waals surface area (Å²) in [6.07, 6.45) is 22.5. The lowest BCUT2D eigenvalue weighted by molar-refractivity contribution is 0.146. The Morgan fingerprint density at radius 3 is 1.71 bits per heavy atom. The van der Waals surface area contributed by atoms with Crippen LogP contribution < -0.4 is 0 Å². The molecule has 0 amide bonds. The molecule has 0 aromatic carbocycles. The van der Waals surface area contributed by atoms with E-state index in [1.54, 1.807) is 19.3 Å². The van der Waals surface area contributed by atoms with Crippen molar-refractivity contribution in [1.82, 2.24) is 0 Å². The SMILES string of the molecule is C[SiH](CCC1CC2CC1C1C3C=CC(C3)C21)O[Si](C)(C)O[Si](C)(C)CCC1CC2CC1C1C3C=CC(C3)C21. The van der Waals surface area contributed by atoms with Crippen LogP contribution >= 0.6 is 0 Å². The van der Waals surface area contributed by atoms with Crippen molar-refractivity contribution in [2.75, 3.05) is 0 Å². The number of hydrogen-bond acceptors (Lipinski definition) is 2. The van der Waals surface area contributed by atoms with Crippen LogP contribution in [-0.4, -0.2) is 25.9 Å². The molecule has 210 valence electrons. The summed E-state index contributed by atoms with van der Waals surface area (Å²) >= 11 is 0. The van der Waals surface area contributed by atoms with Gasteiger partial charge in [-0.1, -0.05) is 37.1 Å². The van der Waals surface area contributed by atoms with E-state index in [-0.39, 0.29) is 0 Å². The molecule has 2 nitrogen and oxygen atoms in total. The Kier molecular flexibility index (Phi) is 6.11. The molecule has 6 saturated carbocycles. The first kappa shape index (κ1) is 25.7. The van der Waals surface area contributed by atoms with Gasteiger partial charge in [-0.25, -0.2) is 0 Å². The van der Waals surface area contributed by atoms with Crippen molar-refractivity contribution < 1.29 is 8.23 Å². The number of fused-ring (bicyclic) bond motifs is 18. The van der Waals surface area contributed by atoms with Crippen molar-refractivity contribution in [3.63, 3.8) is 0 Å². The van der Waals surface area contributed by atoms with Gasteiger partial charge in [-0.15, -0.1) is 0 Å². The third-order valence-electron chi connectivity index (χ3n) is 13.9.